The van der Waals surface area contributed by atoms with E-state index in [1.165, 1.54) is 12.1 Å². The van der Waals surface area contributed by atoms with Crippen molar-refractivity contribution in [2.24, 2.45) is 0 Å². The second-order valence-corrected chi connectivity index (χ2v) is 7.79. The lowest BCUT2D eigenvalue weighted by atomic mass is 10.1. The topological polar surface area (TPSA) is 89.6 Å². The van der Waals surface area contributed by atoms with Crippen LogP contribution in [0.2, 0.25) is 0 Å². The lowest BCUT2D eigenvalue weighted by Gasteiger charge is -2.13. The van der Waals surface area contributed by atoms with E-state index in [1.54, 1.807) is 49.4 Å². The van der Waals surface area contributed by atoms with Crippen LogP contribution in [0.4, 0.5) is 20.6 Å². The molecule has 0 aliphatic carbocycles. The molecule has 0 spiro atoms. The predicted molar refractivity (Wildman–Crippen MR) is 133 cm³/mol. The van der Waals surface area contributed by atoms with E-state index >= 15 is 0 Å². The second-order valence-electron chi connectivity index (χ2n) is 7.79. The average Bonchev–Trinajstić information content (AvgIpc) is 2.83. The van der Waals surface area contributed by atoms with E-state index in [1.807, 2.05) is 25.1 Å². The van der Waals surface area contributed by atoms with Crippen LogP contribution >= 0.6 is 0 Å². The van der Waals surface area contributed by atoms with Crippen molar-refractivity contribution >= 4 is 34.3 Å². The molecule has 2 N–H and O–H groups in total. The highest BCUT2D eigenvalue weighted by atomic mass is 19.1. The molecular weight excluding hydrogens is 449 g/mol. The molecule has 0 bridgehead atoms. The largest absolute Gasteiger partial charge is 0.481 e. The zero-order valence-corrected chi connectivity index (χ0v) is 19.3. The first-order valence-corrected chi connectivity index (χ1v) is 11.0. The number of esters is 1. The number of rotatable bonds is 7. The summed E-state index contributed by atoms with van der Waals surface area (Å²) in [5.41, 5.74) is 4.03. The van der Waals surface area contributed by atoms with Gasteiger partial charge in [0.25, 0.3) is 0 Å². The van der Waals surface area contributed by atoms with Crippen molar-refractivity contribution in [2.75, 3.05) is 23.8 Å². The van der Waals surface area contributed by atoms with Crippen LogP contribution in [-0.4, -0.2) is 30.2 Å². The number of ether oxygens (including phenoxy) is 2. The molecule has 1 heterocycles. The van der Waals surface area contributed by atoms with Crippen molar-refractivity contribution in [2.45, 2.75) is 13.8 Å². The Morgan fingerprint density at radius 2 is 1.69 bits per heavy atom. The number of aromatic nitrogens is 1. The Labute approximate surface area is 201 Å². The van der Waals surface area contributed by atoms with E-state index in [4.69, 9.17) is 9.47 Å². The van der Waals surface area contributed by atoms with E-state index in [0.717, 1.165) is 5.56 Å². The van der Waals surface area contributed by atoms with Gasteiger partial charge in [-0.05, 0) is 74.0 Å². The van der Waals surface area contributed by atoms with Crippen LogP contribution in [0.1, 0.15) is 12.5 Å². The monoisotopic (exact) mass is 473 g/mol. The van der Waals surface area contributed by atoms with Crippen molar-refractivity contribution in [1.29, 1.82) is 0 Å². The second kappa shape index (κ2) is 10.6. The Morgan fingerprint density at radius 1 is 0.943 bits per heavy atom. The van der Waals surface area contributed by atoms with Crippen LogP contribution in [0, 0.1) is 12.7 Å². The SMILES string of the molecule is CCOC(=O)COc1cc(-c2ccc(F)cc2)nc2ccc(NC(=O)Nc3cccc(C)c3)cc12. The Hall–Kier alpha value is -4.46. The Bertz CT molecular complexity index is 1370. The molecule has 178 valence electrons. The van der Waals surface area contributed by atoms with Gasteiger partial charge in [-0.25, -0.2) is 19.0 Å². The summed E-state index contributed by atoms with van der Waals surface area (Å²) in [4.78, 5) is 29.0. The summed E-state index contributed by atoms with van der Waals surface area (Å²) in [6, 6.07) is 19.8. The minimum Gasteiger partial charge on any atom is -0.481 e. The number of pyridine rings is 1. The highest BCUT2D eigenvalue weighted by molar-refractivity contribution is 6.01. The molecule has 0 saturated heterocycles. The number of nitrogens with zero attached hydrogens (tertiary/aromatic N) is 1. The van der Waals surface area contributed by atoms with E-state index < -0.39 is 12.0 Å². The summed E-state index contributed by atoms with van der Waals surface area (Å²) in [6.07, 6.45) is 0. The molecule has 0 fully saturated rings. The van der Waals surface area contributed by atoms with E-state index in [-0.39, 0.29) is 19.0 Å². The number of hydrogen-bond acceptors (Lipinski definition) is 5. The number of nitrogens with one attached hydrogen (secondary N) is 2. The smallest absolute Gasteiger partial charge is 0.344 e. The molecule has 0 aliphatic heterocycles. The minimum atomic E-state index is -0.507. The van der Waals surface area contributed by atoms with E-state index in [2.05, 4.69) is 15.6 Å². The standard InChI is InChI=1S/C27H24FN3O4/c1-3-34-26(32)16-35-25-15-24(18-7-9-19(28)10-8-18)31-23-12-11-21(14-22(23)25)30-27(33)29-20-6-4-5-17(2)13-20/h4-15H,3,16H2,1-2H3,(H2,29,30,33). The predicted octanol–water partition coefficient (Wildman–Crippen LogP) is 5.94. The highest BCUT2D eigenvalue weighted by Crippen LogP contribution is 2.32. The van der Waals surface area contributed by atoms with Crippen LogP contribution in [0.3, 0.4) is 0 Å². The van der Waals surface area contributed by atoms with Gasteiger partial charge >= 0.3 is 12.0 Å². The van der Waals surface area contributed by atoms with Crippen molar-refractivity contribution < 1.29 is 23.5 Å². The molecule has 3 aromatic carbocycles. The number of fused-ring (bicyclic) bond motifs is 1. The summed E-state index contributed by atoms with van der Waals surface area (Å²) >= 11 is 0. The van der Waals surface area contributed by atoms with E-state index in [9.17, 15) is 14.0 Å². The van der Waals surface area contributed by atoms with Gasteiger partial charge in [-0.1, -0.05) is 12.1 Å². The molecule has 0 radical (unpaired) electrons. The summed E-state index contributed by atoms with van der Waals surface area (Å²) in [5, 5.41) is 6.19. The van der Waals surface area contributed by atoms with Crippen LogP contribution < -0.4 is 15.4 Å². The zero-order valence-electron chi connectivity index (χ0n) is 19.3. The first-order chi connectivity index (χ1) is 16.9. The van der Waals surface area contributed by atoms with Crippen molar-refractivity contribution in [3.63, 3.8) is 0 Å². The zero-order chi connectivity index (χ0) is 24.8. The average molecular weight is 474 g/mol. The van der Waals surface area contributed by atoms with Crippen LogP contribution in [0.5, 0.6) is 5.75 Å². The van der Waals surface area contributed by atoms with Gasteiger partial charge in [0.15, 0.2) is 6.61 Å². The highest BCUT2D eigenvalue weighted by Gasteiger charge is 2.13. The number of aryl methyl sites for hydroxylation is 1. The number of carbonyl (C=O) groups is 2. The molecule has 2 amide bonds. The maximum absolute atomic E-state index is 13.4. The van der Waals surface area contributed by atoms with Crippen molar-refractivity contribution in [1.82, 2.24) is 4.98 Å². The third-order valence-corrected chi connectivity index (χ3v) is 5.10. The Morgan fingerprint density at radius 3 is 2.40 bits per heavy atom. The molecule has 8 heteroatoms. The Balaban J connectivity index is 1.64. The number of urea groups is 1. The van der Waals surface area contributed by atoms with Crippen molar-refractivity contribution in [3.05, 3.63) is 84.2 Å². The van der Waals surface area contributed by atoms with Crippen LogP contribution in [-0.2, 0) is 9.53 Å². The Kier molecular flexibility index (Phi) is 7.21. The van der Waals surface area contributed by atoms with Gasteiger partial charge in [-0.2, -0.15) is 0 Å². The molecule has 35 heavy (non-hydrogen) atoms. The van der Waals surface area contributed by atoms with Crippen LogP contribution in [0.25, 0.3) is 22.2 Å². The fourth-order valence-corrected chi connectivity index (χ4v) is 3.52. The van der Waals surface area contributed by atoms with Crippen LogP contribution in [0.15, 0.2) is 72.8 Å². The maximum atomic E-state index is 13.4. The quantitative estimate of drug-likeness (QED) is 0.325. The first kappa shape index (κ1) is 23.7. The summed E-state index contributed by atoms with van der Waals surface area (Å²) < 4.78 is 24.1. The number of amides is 2. The molecule has 0 aliphatic rings. The number of halogens is 1. The number of carbonyl (C=O) groups excluding carboxylic acids is 2. The summed E-state index contributed by atoms with van der Waals surface area (Å²) in [7, 11) is 0. The number of benzene rings is 3. The van der Waals surface area contributed by atoms with E-state index in [0.29, 0.717) is 39.3 Å². The third-order valence-electron chi connectivity index (χ3n) is 5.10. The maximum Gasteiger partial charge on any atom is 0.344 e. The van der Waals surface area contributed by atoms with Gasteiger partial charge in [-0.3, -0.25) is 0 Å². The van der Waals surface area contributed by atoms with Gasteiger partial charge in [0.1, 0.15) is 11.6 Å². The van der Waals surface area contributed by atoms with Gasteiger partial charge in [0, 0.05) is 28.4 Å². The normalized spacial score (nSPS) is 10.6. The fraction of sp³-hybridized carbons (Fsp3) is 0.148. The van der Waals surface area contributed by atoms with Gasteiger partial charge in [0.2, 0.25) is 0 Å². The molecule has 4 aromatic rings. The molecule has 0 unspecified atom stereocenters. The summed E-state index contributed by atoms with van der Waals surface area (Å²) in [6.45, 7) is 3.61. The molecule has 0 saturated carbocycles. The molecule has 1 aromatic heterocycles. The number of hydrogen-bond donors (Lipinski definition) is 2. The van der Waals surface area contributed by atoms with Crippen molar-refractivity contribution in [3.8, 4) is 17.0 Å². The van der Waals surface area contributed by atoms with Gasteiger partial charge in [-0.15, -0.1) is 0 Å². The third kappa shape index (κ3) is 6.11. The molecular formula is C27H24FN3O4. The summed E-state index contributed by atoms with van der Waals surface area (Å²) in [5.74, 6) is -0.481. The molecule has 7 nitrogen and oxygen atoms in total. The van der Waals surface area contributed by atoms with Gasteiger partial charge in [0.05, 0.1) is 17.8 Å². The first-order valence-electron chi connectivity index (χ1n) is 11.0. The van der Waals surface area contributed by atoms with Gasteiger partial charge < -0.3 is 20.1 Å². The number of anilines is 2. The molecule has 4 rings (SSSR count). The minimum absolute atomic E-state index is 0.240. The lowest BCUT2D eigenvalue weighted by molar-refractivity contribution is -0.145. The molecule has 0 atom stereocenters. The fourth-order valence-electron chi connectivity index (χ4n) is 3.52. The lowest BCUT2D eigenvalue weighted by Crippen LogP contribution is -2.19.